The number of hydrogen-bond donors (Lipinski definition) is 4. The lowest BCUT2D eigenvalue weighted by atomic mass is 10.1. The minimum atomic E-state index is -3.55. The molecule has 0 fully saturated rings. The first-order chi connectivity index (χ1) is 9.48. The van der Waals surface area contributed by atoms with Crippen LogP contribution in [0, 0.1) is 0 Å². The van der Waals surface area contributed by atoms with Crippen LogP contribution in [0.4, 0.5) is 0 Å². The summed E-state index contributed by atoms with van der Waals surface area (Å²) in [6.07, 6.45) is 0. The van der Waals surface area contributed by atoms with E-state index in [0.29, 0.717) is 12.2 Å². The topological polar surface area (TPSA) is 126 Å². The predicted octanol–water partition coefficient (Wildman–Crippen LogP) is -0.648. The van der Waals surface area contributed by atoms with Crippen LogP contribution in [0.2, 0.25) is 0 Å². The number of nitrogens with one attached hydrogen (secondary N) is 2. The molecule has 0 aliphatic carbocycles. The molecule has 0 aromatic heterocycles. The van der Waals surface area contributed by atoms with Gasteiger partial charge in [-0.15, -0.1) is 0 Å². The van der Waals surface area contributed by atoms with Crippen LogP contribution >= 0.6 is 0 Å². The molecule has 0 aliphatic heterocycles. The largest absolute Gasteiger partial charge is 0.409 e. The molecule has 0 amide bonds. The van der Waals surface area contributed by atoms with Gasteiger partial charge in [-0.1, -0.05) is 29.4 Å². The Morgan fingerprint density at radius 1 is 1.35 bits per heavy atom. The molecule has 0 heterocycles. The molecule has 9 heteroatoms. The van der Waals surface area contributed by atoms with E-state index in [1.54, 1.807) is 24.3 Å². The summed E-state index contributed by atoms with van der Waals surface area (Å²) in [7, 11) is -2.06. The number of oxime groups is 1. The second-order valence-electron chi connectivity index (χ2n) is 3.89. The van der Waals surface area contributed by atoms with Crippen molar-refractivity contribution in [2.45, 2.75) is 6.54 Å². The summed E-state index contributed by atoms with van der Waals surface area (Å²) < 4.78 is 32.6. The maximum Gasteiger partial charge on any atom is 0.277 e. The molecule has 0 aliphatic rings. The van der Waals surface area contributed by atoms with Crippen molar-refractivity contribution >= 4 is 16.0 Å². The van der Waals surface area contributed by atoms with Crippen molar-refractivity contribution in [3.05, 3.63) is 35.4 Å². The van der Waals surface area contributed by atoms with Gasteiger partial charge in [-0.2, -0.15) is 17.9 Å². The molecule has 0 atom stereocenters. The van der Waals surface area contributed by atoms with Gasteiger partial charge >= 0.3 is 0 Å². The third-order valence-electron chi connectivity index (χ3n) is 2.42. The normalized spacial score (nSPS) is 12.6. The molecule has 0 saturated heterocycles. The van der Waals surface area contributed by atoms with Crippen molar-refractivity contribution in [1.82, 2.24) is 9.44 Å². The average molecular weight is 302 g/mol. The van der Waals surface area contributed by atoms with Gasteiger partial charge < -0.3 is 15.7 Å². The third kappa shape index (κ3) is 5.53. The summed E-state index contributed by atoms with van der Waals surface area (Å²) in [5, 5.41) is 11.4. The monoisotopic (exact) mass is 302 g/mol. The van der Waals surface area contributed by atoms with Gasteiger partial charge in [0.25, 0.3) is 10.2 Å². The molecule has 0 spiro atoms. The average Bonchev–Trinajstić information content (AvgIpc) is 2.45. The van der Waals surface area contributed by atoms with Crippen molar-refractivity contribution < 1.29 is 18.4 Å². The zero-order valence-corrected chi connectivity index (χ0v) is 11.9. The van der Waals surface area contributed by atoms with E-state index in [0.717, 1.165) is 5.56 Å². The first-order valence-corrected chi connectivity index (χ1v) is 7.27. The minimum absolute atomic E-state index is 0.00152. The summed E-state index contributed by atoms with van der Waals surface area (Å²) >= 11 is 0. The van der Waals surface area contributed by atoms with Crippen LogP contribution in [-0.4, -0.2) is 39.7 Å². The molecule has 1 aromatic carbocycles. The van der Waals surface area contributed by atoms with Crippen LogP contribution in [0.15, 0.2) is 29.4 Å². The molecule has 8 nitrogen and oxygen atoms in total. The van der Waals surface area contributed by atoms with Gasteiger partial charge in [0.1, 0.15) is 0 Å². The summed E-state index contributed by atoms with van der Waals surface area (Å²) in [6.45, 7) is 0.641. The Balaban J connectivity index is 2.53. The van der Waals surface area contributed by atoms with Crippen molar-refractivity contribution in [2.75, 3.05) is 20.3 Å². The summed E-state index contributed by atoms with van der Waals surface area (Å²) in [5.41, 5.74) is 6.72. The SMILES string of the molecule is COCCNS(=O)(=O)NCc1ccc(/C(N)=N/O)cc1. The lowest BCUT2D eigenvalue weighted by Crippen LogP contribution is -2.37. The number of nitrogens with zero attached hydrogens (tertiary/aromatic N) is 1. The fraction of sp³-hybridized carbons (Fsp3) is 0.364. The Labute approximate surface area is 117 Å². The number of ether oxygens (including phenoxy) is 1. The van der Waals surface area contributed by atoms with Gasteiger partial charge in [-0.25, -0.2) is 0 Å². The van der Waals surface area contributed by atoms with Gasteiger partial charge in [0.15, 0.2) is 5.84 Å². The van der Waals surface area contributed by atoms with Gasteiger partial charge in [0, 0.05) is 25.8 Å². The Kier molecular flexibility index (Phi) is 6.39. The van der Waals surface area contributed by atoms with E-state index in [1.807, 2.05) is 0 Å². The Hall–Kier alpha value is -1.68. The van der Waals surface area contributed by atoms with E-state index < -0.39 is 10.2 Å². The minimum Gasteiger partial charge on any atom is -0.409 e. The standard InChI is InChI=1S/C11H18N4O4S/c1-19-7-6-13-20(17,18)14-8-9-2-4-10(5-3-9)11(12)15-16/h2-5,13-14,16H,6-8H2,1H3,(H2,12,15). The zero-order valence-electron chi connectivity index (χ0n) is 11.0. The molecular formula is C11H18N4O4S. The van der Waals surface area contributed by atoms with E-state index >= 15 is 0 Å². The van der Waals surface area contributed by atoms with E-state index in [4.69, 9.17) is 15.7 Å². The molecule has 1 rings (SSSR count). The Bertz CT molecular complexity index is 542. The molecule has 0 unspecified atom stereocenters. The quantitative estimate of drug-likeness (QED) is 0.167. The summed E-state index contributed by atoms with van der Waals surface area (Å²) in [6, 6.07) is 6.64. The number of amidine groups is 1. The highest BCUT2D eigenvalue weighted by Crippen LogP contribution is 2.04. The Morgan fingerprint density at radius 3 is 2.55 bits per heavy atom. The van der Waals surface area contributed by atoms with Crippen LogP contribution < -0.4 is 15.2 Å². The summed E-state index contributed by atoms with van der Waals surface area (Å²) in [5.74, 6) is -0.00152. The lowest BCUT2D eigenvalue weighted by Gasteiger charge is -2.08. The molecule has 5 N–H and O–H groups in total. The van der Waals surface area contributed by atoms with Gasteiger partial charge in [0.2, 0.25) is 0 Å². The fourth-order valence-corrected chi connectivity index (χ4v) is 2.17. The van der Waals surface area contributed by atoms with Crippen molar-refractivity contribution in [2.24, 2.45) is 10.9 Å². The maximum absolute atomic E-state index is 11.6. The highest BCUT2D eigenvalue weighted by molar-refractivity contribution is 7.87. The molecule has 0 bridgehead atoms. The van der Waals surface area contributed by atoms with Crippen molar-refractivity contribution in [3.63, 3.8) is 0 Å². The number of benzene rings is 1. The van der Waals surface area contributed by atoms with Gasteiger partial charge in [-0.3, -0.25) is 0 Å². The molecular weight excluding hydrogens is 284 g/mol. The van der Waals surface area contributed by atoms with E-state index in [1.165, 1.54) is 7.11 Å². The molecule has 112 valence electrons. The second kappa shape index (κ2) is 7.80. The molecule has 20 heavy (non-hydrogen) atoms. The van der Waals surface area contributed by atoms with E-state index in [9.17, 15) is 8.42 Å². The smallest absolute Gasteiger partial charge is 0.277 e. The molecule has 1 aromatic rings. The number of hydrogen-bond acceptors (Lipinski definition) is 5. The van der Waals surface area contributed by atoms with Crippen LogP contribution in [0.3, 0.4) is 0 Å². The highest BCUT2D eigenvalue weighted by Gasteiger charge is 2.08. The second-order valence-corrected chi connectivity index (χ2v) is 5.48. The first-order valence-electron chi connectivity index (χ1n) is 5.78. The number of nitrogens with two attached hydrogens (primary N) is 1. The van der Waals surface area contributed by atoms with Gasteiger partial charge in [0.05, 0.1) is 6.61 Å². The number of rotatable bonds is 8. The summed E-state index contributed by atoms with van der Waals surface area (Å²) in [4.78, 5) is 0. The number of methoxy groups -OCH3 is 1. The zero-order chi connectivity index (χ0) is 15.0. The molecule has 0 saturated carbocycles. The maximum atomic E-state index is 11.6. The Morgan fingerprint density at radius 2 is 2.00 bits per heavy atom. The highest BCUT2D eigenvalue weighted by atomic mass is 32.2. The van der Waals surface area contributed by atoms with E-state index in [2.05, 4.69) is 14.6 Å². The predicted molar refractivity (Wildman–Crippen MR) is 74.6 cm³/mol. The third-order valence-corrected chi connectivity index (χ3v) is 3.53. The van der Waals surface area contributed by atoms with Crippen LogP contribution in [-0.2, 0) is 21.5 Å². The van der Waals surface area contributed by atoms with Crippen molar-refractivity contribution in [1.29, 1.82) is 0 Å². The van der Waals surface area contributed by atoms with Crippen LogP contribution in [0.5, 0.6) is 0 Å². The lowest BCUT2D eigenvalue weighted by molar-refractivity contribution is 0.204. The first kappa shape index (κ1) is 16.4. The van der Waals surface area contributed by atoms with Gasteiger partial charge in [-0.05, 0) is 5.56 Å². The van der Waals surface area contributed by atoms with Crippen LogP contribution in [0.25, 0.3) is 0 Å². The van der Waals surface area contributed by atoms with Crippen molar-refractivity contribution in [3.8, 4) is 0 Å². The van der Waals surface area contributed by atoms with Crippen LogP contribution in [0.1, 0.15) is 11.1 Å². The fourth-order valence-electron chi connectivity index (χ4n) is 1.36. The van der Waals surface area contributed by atoms with E-state index in [-0.39, 0.29) is 18.9 Å². The molecule has 0 radical (unpaired) electrons.